The highest BCUT2D eigenvalue weighted by Gasteiger charge is 2.24. The largest absolute Gasteiger partial charge is 0.465 e. The molecule has 0 radical (unpaired) electrons. The molecule has 1 unspecified atom stereocenters. The van der Waals surface area contributed by atoms with Gasteiger partial charge in [-0.2, -0.15) is 0 Å². The summed E-state index contributed by atoms with van der Waals surface area (Å²) >= 11 is 3.32. The molecule has 3 rings (SSSR count). The van der Waals surface area contributed by atoms with Gasteiger partial charge < -0.3 is 19.1 Å². The summed E-state index contributed by atoms with van der Waals surface area (Å²) in [4.78, 5) is 13.7. The maximum Gasteiger partial charge on any atom is 0.410 e. The van der Waals surface area contributed by atoms with Crippen molar-refractivity contribution in [2.75, 3.05) is 13.7 Å². The van der Waals surface area contributed by atoms with Crippen LogP contribution in [0, 0.1) is 0 Å². The molecule has 0 aliphatic carbocycles. The van der Waals surface area contributed by atoms with Gasteiger partial charge in [-0.1, -0.05) is 6.07 Å². The van der Waals surface area contributed by atoms with Gasteiger partial charge in [0.1, 0.15) is 16.0 Å². The molecule has 10 heteroatoms. The van der Waals surface area contributed by atoms with Crippen molar-refractivity contribution in [3.05, 3.63) is 46.7 Å². The van der Waals surface area contributed by atoms with E-state index >= 15 is 0 Å². The van der Waals surface area contributed by atoms with Crippen LogP contribution in [-0.2, 0) is 26.0 Å². The Balaban J connectivity index is 1.77. The van der Waals surface area contributed by atoms with Gasteiger partial charge in [-0.3, -0.25) is 0 Å². The molecule has 2 aromatic rings. The van der Waals surface area contributed by atoms with Crippen molar-refractivity contribution in [2.45, 2.75) is 63.4 Å². The van der Waals surface area contributed by atoms with Crippen molar-refractivity contribution in [3.8, 4) is 5.75 Å². The molecule has 1 aliphatic heterocycles. The molecular weight excluding hydrogens is 500 g/mol. The topological polar surface area (TPSA) is 87.1 Å². The third kappa shape index (κ3) is 6.26. The second-order valence-corrected chi connectivity index (χ2v) is 11.3. The van der Waals surface area contributed by atoms with Gasteiger partial charge >= 0.3 is 6.09 Å². The van der Waals surface area contributed by atoms with Crippen LogP contribution in [0.3, 0.4) is 0 Å². The zero-order valence-corrected chi connectivity index (χ0v) is 21.1. The SMILES string of the molecule is CN(Cc1cc(Br)n(S(=O)(=O)c2cccc(OC3CCCCO3)c2)c1)C(=O)OC(C)(C)C. The summed E-state index contributed by atoms with van der Waals surface area (Å²) in [6.45, 7) is 6.20. The number of hydrogen-bond donors (Lipinski definition) is 0. The van der Waals surface area contributed by atoms with Crippen molar-refractivity contribution in [2.24, 2.45) is 0 Å². The first-order chi connectivity index (χ1) is 15.0. The lowest BCUT2D eigenvalue weighted by molar-refractivity contribution is -0.106. The Morgan fingerprint density at radius 2 is 2.03 bits per heavy atom. The molecule has 1 atom stereocenters. The van der Waals surface area contributed by atoms with Gasteiger partial charge in [0, 0.05) is 25.7 Å². The van der Waals surface area contributed by atoms with E-state index in [9.17, 15) is 13.2 Å². The van der Waals surface area contributed by atoms with E-state index in [-0.39, 0.29) is 17.7 Å². The van der Waals surface area contributed by atoms with Gasteiger partial charge in [-0.15, -0.1) is 0 Å². The fourth-order valence-corrected chi connectivity index (χ4v) is 5.46. The summed E-state index contributed by atoms with van der Waals surface area (Å²) in [5.41, 5.74) is 0.0218. The lowest BCUT2D eigenvalue weighted by atomic mass is 10.2. The number of nitrogens with zero attached hydrogens (tertiary/aromatic N) is 2. The number of rotatable bonds is 6. The van der Waals surface area contributed by atoms with Crippen LogP contribution in [-0.4, -0.2) is 48.9 Å². The van der Waals surface area contributed by atoms with Gasteiger partial charge in [0.25, 0.3) is 10.0 Å². The maximum absolute atomic E-state index is 13.3. The molecule has 2 heterocycles. The fraction of sp³-hybridized carbons (Fsp3) is 0.500. The molecular formula is C22H29BrN2O6S. The Morgan fingerprint density at radius 3 is 2.69 bits per heavy atom. The van der Waals surface area contributed by atoms with E-state index in [1.54, 1.807) is 46.0 Å². The molecule has 1 saturated heterocycles. The van der Waals surface area contributed by atoms with Gasteiger partial charge in [0.15, 0.2) is 6.29 Å². The Morgan fingerprint density at radius 1 is 1.28 bits per heavy atom. The van der Waals surface area contributed by atoms with Crippen LogP contribution >= 0.6 is 15.9 Å². The highest BCUT2D eigenvalue weighted by atomic mass is 79.9. The minimum absolute atomic E-state index is 0.0918. The molecule has 8 nitrogen and oxygen atoms in total. The van der Waals surface area contributed by atoms with Crippen molar-refractivity contribution >= 4 is 32.0 Å². The normalized spacial score (nSPS) is 17.1. The van der Waals surface area contributed by atoms with Crippen LogP contribution in [0.2, 0.25) is 0 Å². The molecule has 1 aliphatic rings. The smallest absolute Gasteiger partial charge is 0.410 e. The van der Waals surface area contributed by atoms with E-state index < -0.39 is 21.7 Å². The summed E-state index contributed by atoms with van der Waals surface area (Å²) < 4.78 is 44.8. The zero-order valence-electron chi connectivity index (χ0n) is 18.7. The quantitative estimate of drug-likeness (QED) is 0.537. The second kappa shape index (κ2) is 9.84. The fourth-order valence-electron chi connectivity index (χ4n) is 3.19. The standard InChI is InChI=1S/C22H29BrN2O6S/c1-22(2,3)31-21(26)24(4)14-16-12-19(23)25(15-16)32(27,28)18-9-7-8-17(13-18)30-20-10-5-6-11-29-20/h7-9,12-13,15,20H,5-6,10-11,14H2,1-4H3. The van der Waals surface area contributed by atoms with Crippen molar-refractivity contribution in [3.63, 3.8) is 0 Å². The number of ether oxygens (including phenoxy) is 3. The van der Waals surface area contributed by atoms with E-state index in [1.165, 1.54) is 23.2 Å². The number of carbonyl (C=O) groups is 1. The predicted octanol–water partition coefficient (Wildman–Crippen LogP) is 4.76. The van der Waals surface area contributed by atoms with E-state index in [2.05, 4.69) is 15.9 Å². The summed E-state index contributed by atoms with van der Waals surface area (Å²) in [7, 11) is -2.28. The van der Waals surface area contributed by atoms with Crippen molar-refractivity contribution < 1.29 is 27.4 Å². The van der Waals surface area contributed by atoms with Crippen LogP contribution < -0.4 is 4.74 Å². The van der Waals surface area contributed by atoms with Gasteiger partial charge in [0.2, 0.25) is 0 Å². The molecule has 32 heavy (non-hydrogen) atoms. The molecule has 176 valence electrons. The molecule has 1 aromatic heterocycles. The highest BCUT2D eigenvalue weighted by Crippen LogP contribution is 2.27. The van der Waals surface area contributed by atoms with Crippen LogP contribution in [0.5, 0.6) is 5.75 Å². The van der Waals surface area contributed by atoms with Gasteiger partial charge in [-0.05, 0) is 73.3 Å². The molecule has 1 amide bonds. The van der Waals surface area contributed by atoms with Crippen molar-refractivity contribution in [1.82, 2.24) is 8.87 Å². The first-order valence-corrected chi connectivity index (χ1v) is 12.6. The monoisotopic (exact) mass is 528 g/mol. The lowest BCUT2D eigenvalue weighted by Crippen LogP contribution is -2.33. The molecule has 0 spiro atoms. The summed E-state index contributed by atoms with van der Waals surface area (Å²) in [5.74, 6) is 0.436. The number of amides is 1. The van der Waals surface area contributed by atoms with Crippen LogP contribution in [0.1, 0.15) is 45.6 Å². The Labute approximate surface area is 197 Å². The summed E-state index contributed by atoms with van der Waals surface area (Å²) in [5, 5.41) is 0. The van der Waals surface area contributed by atoms with E-state index in [0.29, 0.717) is 22.5 Å². The average molecular weight is 529 g/mol. The predicted molar refractivity (Wildman–Crippen MR) is 123 cm³/mol. The first kappa shape index (κ1) is 24.6. The molecule has 1 aromatic carbocycles. The van der Waals surface area contributed by atoms with Gasteiger partial charge in [-0.25, -0.2) is 17.2 Å². The maximum atomic E-state index is 13.3. The van der Waals surface area contributed by atoms with E-state index in [1.807, 2.05) is 0 Å². The number of benzene rings is 1. The van der Waals surface area contributed by atoms with Crippen LogP contribution in [0.25, 0.3) is 0 Å². The molecule has 1 fully saturated rings. The van der Waals surface area contributed by atoms with Gasteiger partial charge in [0.05, 0.1) is 18.0 Å². The lowest BCUT2D eigenvalue weighted by Gasteiger charge is -2.24. The Kier molecular flexibility index (Phi) is 7.57. The minimum Gasteiger partial charge on any atom is -0.465 e. The highest BCUT2D eigenvalue weighted by molar-refractivity contribution is 9.10. The number of carbonyl (C=O) groups excluding carboxylic acids is 1. The molecule has 0 bridgehead atoms. The zero-order chi connectivity index (χ0) is 23.5. The van der Waals surface area contributed by atoms with Crippen molar-refractivity contribution in [1.29, 1.82) is 0 Å². The minimum atomic E-state index is -3.88. The van der Waals surface area contributed by atoms with E-state index in [4.69, 9.17) is 14.2 Å². The Hall–Kier alpha value is -2.04. The Bertz CT molecular complexity index is 1050. The van der Waals surface area contributed by atoms with Crippen LogP contribution in [0.15, 0.2) is 46.0 Å². The van der Waals surface area contributed by atoms with Crippen LogP contribution in [0.4, 0.5) is 4.79 Å². The number of aromatic nitrogens is 1. The average Bonchev–Trinajstić information content (AvgIpc) is 3.08. The van der Waals surface area contributed by atoms with E-state index in [0.717, 1.165) is 23.2 Å². The third-order valence-electron chi connectivity index (χ3n) is 4.69. The second-order valence-electron chi connectivity index (χ2n) is 8.70. The summed E-state index contributed by atoms with van der Waals surface area (Å²) in [6, 6.07) is 8.02. The molecule has 0 saturated carbocycles. The molecule has 0 N–H and O–H groups in total. The summed E-state index contributed by atoms with van der Waals surface area (Å²) in [6.07, 6.45) is 3.42. The first-order valence-electron chi connectivity index (χ1n) is 10.4. The number of halogens is 1. The third-order valence-corrected chi connectivity index (χ3v) is 7.21. The number of hydrogen-bond acceptors (Lipinski definition) is 6.